The molecule has 0 saturated carbocycles. The summed E-state index contributed by atoms with van der Waals surface area (Å²) >= 11 is 1.33. The smallest absolute Gasteiger partial charge is 0.186 e. The van der Waals surface area contributed by atoms with Gasteiger partial charge in [0, 0.05) is 18.8 Å². The molecule has 3 rings (SSSR count). The van der Waals surface area contributed by atoms with Crippen molar-refractivity contribution in [3.63, 3.8) is 0 Å². The fourth-order valence-electron chi connectivity index (χ4n) is 2.53. The van der Waals surface area contributed by atoms with Crippen molar-refractivity contribution in [1.82, 2.24) is 5.43 Å². The molecular weight excluding hydrogens is 296 g/mol. The zero-order chi connectivity index (χ0) is 15.4. The minimum Gasteiger partial charge on any atom is -0.372 e. The molecule has 1 atom stereocenters. The molecule has 1 aromatic carbocycles. The molecule has 0 radical (unpaired) electrons. The summed E-state index contributed by atoms with van der Waals surface area (Å²) in [6.45, 7) is 4.10. The van der Waals surface area contributed by atoms with Crippen LogP contribution in [0.15, 0.2) is 39.3 Å². The fraction of sp³-hybridized carbons (Fsp3) is 0.375. The van der Waals surface area contributed by atoms with Crippen molar-refractivity contribution in [3.8, 4) is 0 Å². The monoisotopic (exact) mass is 314 g/mol. The first kappa shape index (κ1) is 14.9. The standard InChI is InChI=1S/C16H18N4OS/c1-12-15(11-21)22-16(18-12)19-17-10-13-4-6-14(7-5-13)20-8-2-3-9-20/h4-7,10,16,19H,2-3,8-9H2,1H3. The summed E-state index contributed by atoms with van der Waals surface area (Å²) in [4.78, 5) is 17.9. The van der Waals surface area contributed by atoms with Crippen LogP contribution < -0.4 is 10.3 Å². The van der Waals surface area contributed by atoms with E-state index in [1.165, 1.54) is 30.3 Å². The van der Waals surface area contributed by atoms with Crippen LogP contribution in [0, 0.1) is 0 Å². The SMILES string of the molecule is CC1=NC(NN=Cc2ccc(N3CCCC3)cc2)SC1=C=O. The highest BCUT2D eigenvalue weighted by molar-refractivity contribution is 8.05. The Morgan fingerprint density at radius 3 is 2.73 bits per heavy atom. The number of allylic oxidation sites excluding steroid dienone is 1. The van der Waals surface area contributed by atoms with E-state index in [0.29, 0.717) is 10.6 Å². The number of benzene rings is 1. The molecule has 1 N–H and O–H groups in total. The van der Waals surface area contributed by atoms with Crippen LogP contribution in [-0.2, 0) is 4.79 Å². The molecule has 6 heteroatoms. The van der Waals surface area contributed by atoms with Crippen LogP contribution in [0.2, 0.25) is 0 Å². The van der Waals surface area contributed by atoms with Gasteiger partial charge in [-0.1, -0.05) is 23.9 Å². The quantitative estimate of drug-likeness (QED) is 0.527. The summed E-state index contributed by atoms with van der Waals surface area (Å²) in [6, 6.07) is 8.39. The third-order valence-electron chi connectivity index (χ3n) is 3.72. The van der Waals surface area contributed by atoms with Gasteiger partial charge in [-0.3, -0.25) is 10.4 Å². The van der Waals surface area contributed by atoms with Crippen molar-refractivity contribution in [3.05, 3.63) is 34.7 Å². The number of hydrogen-bond acceptors (Lipinski definition) is 6. The van der Waals surface area contributed by atoms with E-state index in [0.717, 1.165) is 18.7 Å². The Balaban J connectivity index is 1.56. The number of hydrogen-bond donors (Lipinski definition) is 1. The molecule has 1 fully saturated rings. The van der Waals surface area contributed by atoms with Crippen LogP contribution in [-0.4, -0.2) is 36.5 Å². The minimum atomic E-state index is -0.239. The Bertz CT molecular complexity index is 641. The molecule has 1 aromatic rings. The molecule has 0 aromatic heterocycles. The van der Waals surface area contributed by atoms with E-state index >= 15 is 0 Å². The zero-order valence-electron chi connectivity index (χ0n) is 12.5. The summed E-state index contributed by atoms with van der Waals surface area (Å²) in [7, 11) is 0. The summed E-state index contributed by atoms with van der Waals surface area (Å²) in [6.07, 6.45) is 4.33. The molecule has 22 heavy (non-hydrogen) atoms. The van der Waals surface area contributed by atoms with Gasteiger partial charge in [0.2, 0.25) is 0 Å². The van der Waals surface area contributed by atoms with E-state index in [2.05, 4.69) is 44.7 Å². The lowest BCUT2D eigenvalue weighted by atomic mass is 10.2. The molecule has 114 valence electrons. The highest BCUT2D eigenvalue weighted by Crippen LogP contribution is 2.27. The van der Waals surface area contributed by atoms with E-state index in [9.17, 15) is 4.79 Å². The number of nitrogens with zero attached hydrogens (tertiary/aromatic N) is 3. The second kappa shape index (κ2) is 6.81. The average molecular weight is 314 g/mol. The number of aliphatic imine (C=N–C) groups is 1. The number of hydrazone groups is 1. The normalized spacial score (nSPS) is 21.3. The second-order valence-corrected chi connectivity index (χ2v) is 6.38. The summed E-state index contributed by atoms with van der Waals surface area (Å²) in [5.74, 6) is 1.89. The van der Waals surface area contributed by atoms with Gasteiger partial charge in [0.1, 0.15) is 10.8 Å². The summed E-state index contributed by atoms with van der Waals surface area (Å²) in [5.41, 5.74) is 5.71. The van der Waals surface area contributed by atoms with E-state index < -0.39 is 0 Å². The van der Waals surface area contributed by atoms with Crippen molar-refractivity contribution in [2.45, 2.75) is 25.3 Å². The maximum absolute atomic E-state index is 10.7. The lowest BCUT2D eigenvalue weighted by Crippen LogP contribution is -2.17. The number of thioether (sulfide) groups is 1. The van der Waals surface area contributed by atoms with Gasteiger partial charge in [0.15, 0.2) is 5.50 Å². The van der Waals surface area contributed by atoms with Gasteiger partial charge >= 0.3 is 0 Å². The van der Waals surface area contributed by atoms with Crippen molar-refractivity contribution in [2.75, 3.05) is 18.0 Å². The van der Waals surface area contributed by atoms with Gasteiger partial charge in [-0.15, -0.1) is 0 Å². The molecule has 0 bridgehead atoms. The van der Waals surface area contributed by atoms with Gasteiger partial charge in [-0.2, -0.15) is 5.10 Å². The molecule has 0 spiro atoms. The molecule has 2 aliphatic heterocycles. The zero-order valence-corrected chi connectivity index (χ0v) is 13.3. The Hall–Kier alpha value is -2.04. The first-order valence-electron chi connectivity index (χ1n) is 7.36. The van der Waals surface area contributed by atoms with Crippen LogP contribution in [0.3, 0.4) is 0 Å². The van der Waals surface area contributed by atoms with E-state index in [-0.39, 0.29) is 5.50 Å². The Morgan fingerprint density at radius 2 is 2.09 bits per heavy atom. The van der Waals surface area contributed by atoms with E-state index in [4.69, 9.17) is 0 Å². The number of anilines is 1. The average Bonchev–Trinajstić information content (AvgIpc) is 3.18. The Morgan fingerprint density at radius 1 is 1.36 bits per heavy atom. The highest BCUT2D eigenvalue weighted by Gasteiger charge is 2.20. The maximum Gasteiger partial charge on any atom is 0.186 e. The molecule has 5 nitrogen and oxygen atoms in total. The number of rotatable bonds is 4. The van der Waals surface area contributed by atoms with Crippen LogP contribution >= 0.6 is 11.8 Å². The predicted octanol–water partition coefficient (Wildman–Crippen LogP) is 2.42. The van der Waals surface area contributed by atoms with Crippen LogP contribution in [0.5, 0.6) is 0 Å². The van der Waals surface area contributed by atoms with Gasteiger partial charge < -0.3 is 4.90 Å². The van der Waals surface area contributed by atoms with Crippen LogP contribution in [0.25, 0.3) is 0 Å². The Labute approximate surface area is 134 Å². The van der Waals surface area contributed by atoms with E-state index in [1.54, 1.807) is 13.1 Å². The molecule has 0 amide bonds. The fourth-order valence-corrected chi connectivity index (χ4v) is 3.35. The van der Waals surface area contributed by atoms with Gasteiger partial charge in [-0.05, 0) is 37.5 Å². The lowest BCUT2D eigenvalue weighted by molar-refractivity contribution is 0.569. The predicted molar refractivity (Wildman–Crippen MR) is 92.3 cm³/mol. The number of carbonyl (C=O) groups excluding carboxylic acids is 1. The summed E-state index contributed by atoms with van der Waals surface area (Å²) in [5, 5.41) is 4.19. The van der Waals surface area contributed by atoms with Crippen molar-refractivity contribution >= 4 is 35.3 Å². The molecule has 0 aliphatic carbocycles. The van der Waals surface area contributed by atoms with Gasteiger partial charge in [0.25, 0.3) is 0 Å². The molecule has 2 aliphatic rings. The first-order chi connectivity index (χ1) is 10.8. The minimum absolute atomic E-state index is 0.239. The van der Waals surface area contributed by atoms with Crippen LogP contribution in [0.4, 0.5) is 5.69 Å². The van der Waals surface area contributed by atoms with Crippen LogP contribution in [0.1, 0.15) is 25.3 Å². The third kappa shape index (κ3) is 3.40. The second-order valence-electron chi connectivity index (χ2n) is 5.29. The molecule has 1 saturated heterocycles. The molecule has 1 unspecified atom stereocenters. The summed E-state index contributed by atoms with van der Waals surface area (Å²) < 4.78 is 0. The third-order valence-corrected chi connectivity index (χ3v) is 4.77. The first-order valence-corrected chi connectivity index (χ1v) is 8.24. The highest BCUT2D eigenvalue weighted by atomic mass is 32.2. The van der Waals surface area contributed by atoms with Crippen molar-refractivity contribution < 1.29 is 4.79 Å². The Kier molecular flexibility index (Phi) is 4.61. The number of nitrogens with one attached hydrogen (secondary N) is 1. The largest absolute Gasteiger partial charge is 0.372 e. The maximum atomic E-state index is 10.7. The molecule has 2 heterocycles. The van der Waals surface area contributed by atoms with E-state index in [1.807, 2.05) is 5.94 Å². The van der Waals surface area contributed by atoms with Gasteiger partial charge in [-0.25, -0.2) is 4.79 Å². The molecular formula is C16H18N4OS. The topological polar surface area (TPSA) is 57.1 Å². The van der Waals surface area contributed by atoms with Crippen molar-refractivity contribution in [1.29, 1.82) is 0 Å². The lowest BCUT2D eigenvalue weighted by Gasteiger charge is -2.17. The van der Waals surface area contributed by atoms with Crippen molar-refractivity contribution in [2.24, 2.45) is 10.1 Å². The van der Waals surface area contributed by atoms with Gasteiger partial charge in [0.05, 0.1) is 11.9 Å².